The summed E-state index contributed by atoms with van der Waals surface area (Å²) in [6, 6.07) is 13.8. The van der Waals surface area contributed by atoms with Gasteiger partial charge in [0.05, 0.1) is 5.56 Å². The highest BCUT2D eigenvalue weighted by atomic mass is 32.1. The first kappa shape index (κ1) is 18.3. The molecule has 0 fully saturated rings. The van der Waals surface area contributed by atoms with E-state index in [2.05, 4.69) is 5.32 Å². The van der Waals surface area contributed by atoms with E-state index in [1.54, 1.807) is 42.5 Å². The molecule has 0 spiro atoms. The fourth-order valence-electron chi connectivity index (χ4n) is 3.08. The molecule has 2 aromatic carbocycles. The quantitative estimate of drug-likeness (QED) is 0.625. The number of anilines is 1. The summed E-state index contributed by atoms with van der Waals surface area (Å²) in [7, 11) is 0. The summed E-state index contributed by atoms with van der Waals surface area (Å²) < 4.78 is 21.8. The molecule has 2 aliphatic rings. The highest BCUT2D eigenvalue weighted by Crippen LogP contribution is 2.36. The van der Waals surface area contributed by atoms with Crippen LogP contribution in [0.5, 0.6) is 23.0 Å². The third kappa shape index (κ3) is 3.60. The Kier molecular flexibility index (Phi) is 4.61. The van der Waals surface area contributed by atoms with Gasteiger partial charge in [0.15, 0.2) is 23.9 Å². The van der Waals surface area contributed by atoms with Crippen LogP contribution in [0.3, 0.4) is 0 Å². The highest BCUT2D eigenvalue weighted by Gasteiger charge is 2.28. The number of benzene rings is 2. The van der Waals surface area contributed by atoms with Gasteiger partial charge in [-0.05, 0) is 35.7 Å². The summed E-state index contributed by atoms with van der Waals surface area (Å²) in [4.78, 5) is 25.6. The number of fused-ring (bicyclic) bond motifs is 2. The topological polar surface area (TPSA) is 83.1 Å². The predicted octanol–water partition coefficient (Wildman–Crippen LogP) is 4.11. The normalized spacial score (nSPS) is 15.1. The van der Waals surface area contributed by atoms with E-state index in [9.17, 15) is 9.59 Å². The number of carbonyl (C=O) groups excluding carboxylic acids is 2. The maximum Gasteiger partial charge on any atom is 0.262 e. The van der Waals surface area contributed by atoms with E-state index in [1.807, 2.05) is 17.5 Å². The number of ether oxygens (including phenoxy) is 4. The van der Waals surface area contributed by atoms with Crippen LogP contribution < -0.4 is 24.3 Å². The molecule has 0 saturated carbocycles. The third-order valence-electron chi connectivity index (χ3n) is 4.48. The lowest BCUT2D eigenvalue weighted by Gasteiger charge is -2.09. The molecule has 3 aromatic rings. The monoisotopic (exact) mass is 421 g/mol. The predicted molar refractivity (Wildman–Crippen MR) is 110 cm³/mol. The number of hydrogen-bond donors (Lipinski definition) is 1. The molecule has 0 atom stereocenters. The van der Waals surface area contributed by atoms with Crippen molar-refractivity contribution in [3.05, 3.63) is 70.1 Å². The van der Waals surface area contributed by atoms with Crippen molar-refractivity contribution in [2.24, 2.45) is 0 Å². The molecule has 1 amide bonds. The molecule has 0 bridgehead atoms. The second kappa shape index (κ2) is 7.57. The molecule has 150 valence electrons. The van der Waals surface area contributed by atoms with Gasteiger partial charge in [-0.3, -0.25) is 9.59 Å². The minimum Gasteiger partial charge on any atom is -0.484 e. The average Bonchev–Trinajstić information content (AvgIpc) is 3.48. The molecule has 2 aliphatic heterocycles. The lowest BCUT2D eigenvalue weighted by atomic mass is 10.1. The first-order chi connectivity index (χ1) is 14.7. The second-order valence-corrected chi connectivity index (χ2v) is 7.50. The minimum atomic E-state index is -0.329. The Morgan fingerprint density at radius 1 is 1.10 bits per heavy atom. The molecular formula is C22H15NO6S. The van der Waals surface area contributed by atoms with Gasteiger partial charge in [-0.1, -0.05) is 6.07 Å². The molecule has 1 aromatic heterocycles. The Morgan fingerprint density at radius 3 is 2.87 bits per heavy atom. The maximum absolute atomic E-state index is 12.5. The average molecular weight is 421 g/mol. The molecule has 5 rings (SSSR count). The largest absolute Gasteiger partial charge is 0.484 e. The van der Waals surface area contributed by atoms with Crippen LogP contribution in [0.25, 0.3) is 6.08 Å². The van der Waals surface area contributed by atoms with Crippen molar-refractivity contribution >= 4 is 34.8 Å². The molecule has 0 aliphatic carbocycles. The van der Waals surface area contributed by atoms with Crippen molar-refractivity contribution in [2.45, 2.75) is 0 Å². The van der Waals surface area contributed by atoms with Crippen LogP contribution in [-0.2, 0) is 4.79 Å². The Balaban J connectivity index is 1.22. The minimum absolute atomic E-state index is 0.170. The fourth-order valence-corrected chi connectivity index (χ4v) is 3.73. The van der Waals surface area contributed by atoms with Crippen LogP contribution >= 0.6 is 11.3 Å². The second-order valence-electron chi connectivity index (χ2n) is 6.52. The van der Waals surface area contributed by atoms with Gasteiger partial charge < -0.3 is 24.3 Å². The van der Waals surface area contributed by atoms with Crippen molar-refractivity contribution in [2.75, 3.05) is 18.7 Å². The van der Waals surface area contributed by atoms with Crippen LogP contribution in [-0.4, -0.2) is 25.1 Å². The molecule has 0 saturated heterocycles. The van der Waals surface area contributed by atoms with E-state index in [4.69, 9.17) is 18.9 Å². The van der Waals surface area contributed by atoms with Gasteiger partial charge >= 0.3 is 0 Å². The number of Topliss-reactive ketones (excluding diaryl/α,β-unsaturated/α-hetero) is 1. The molecule has 0 unspecified atom stereocenters. The molecule has 0 radical (unpaired) electrons. The molecule has 30 heavy (non-hydrogen) atoms. The van der Waals surface area contributed by atoms with Crippen molar-refractivity contribution in [3.8, 4) is 23.0 Å². The summed E-state index contributed by atoms with van der Waals surface area (Å²) in [5.41, 5.74) is 1.05. The van der Waals surface area contributed by atoms with E-state index in [0.29, 0.717) is 34.2 Å². The number of hydrogen-bond acceptors (Lipinski definition) is 7. The van der Waals surface area contributed by atoms with Crippen LogP contribution in [0, 0.1) is 0 Å². The Labute approximate surface area is 175 Å². The molecule has 3 heterocycles. The SMILES string of the molecule is O=C(COc1ccc2c(c1)OC(=Cc1cccs1)C2=O)Nc1ccc2c(c1)OCO2. The lowest BCUT2D eigenvalue weighted by Crippen LogP contribution is -2.20. The number of rotatable bonds is 5. The highest BCUT2D eigenvalue weighted by molar-refractivity contribution is 7.10. The van der Waals surface area contributed by atoms with E-state index >= 15 is 0 Å². The van der Waals surface area contributed by atoms with Crippen LogP contribution in [0.4, 0.5) is 5.69 Å². The zero-order valence-electron chi connectivity index (χ0n) is 15.5. The summed E-state index contributed by atoms with van der Waals surface area (Å²) in [6.45, 7) is -0.0258. The van der Waals surface area contributed by atoms with Crippen LogP contribution in [0.15, 0.2) is 59.7 Å². The van der Waals surface area contributed by atoms with Gasteiger partial charge in [-0.25, -0.2) is 0 Å². The van der Waals surface area contributed by atoms with Gasteiger partial charge in [0.2, 0.25) is 12.6 Å². The van der Waals surface area contributed by atoms with Crippen molar-refractivity contribution in [1.29, 1.82) is 0 Å². The zero-order chi connectivity index (χ0) is 20.5. The van der Waals surface area contributed by atoms with Gasteiger partial charge in [0, 0.05) is 28.8 Å². The number of carbonyl (C=O) groups is 2. The van der Waals surface area contributed by atoms with Crippen LogP contribution in [0.2, 0.25) is 0 Å². The standard InChI is InChI=1S/C22H15NO6S/c24-21(23-13-3-6-17-19(8-13)28-12-27-17)11-26-14-4-5-16-18(9-14)29-20(22(16)25)10-15-2-1-7-30-15/h1-10H,11-12H2,(H,23,24). The van der Waals surface area contributed by atoms with Crippen molar-refractivity contribution in [3.63, 3.8) is 0 Å². The van der Waals surface area contributed by atoms with Crippen molar-refractivity contribution < 1.29 is 28.5 Å². The van der Waals surface area contributed by atoms with Gasteiger partial charge in [0.1, 0.15) is 11.5 Å². The lowest BCUT2D eigenvalue weighted by molar-refractivity contribution is -0.118. The fraction of sp³-hybridized carbons (Fsp3) is 0.0909. The maximum atomic E-state index is 12.5. The number of amides is 1. The Bertz CT molecular complexity index is 1170. The van der Waals surface area contributed by atoms with E-state index in [1.165, 1.54) is 11.3 Å². The molecule has 1 N–H and O–H groups in total. The molecular weight excluding hydrogens is 406 g/mol. The summed E-state index contributed by atoms with van der Waals surface area (Å²) in [5.74, 6) is 1.83. The van der Waals surface area contributed by atoms with E-state index < -0.39 is 0 Å². The summed E-state index contributed by atoms with van der Waals surface area (Å²) >= 11 is 1.52. The molecule has 7 nitrogen and oxygen atoms in total. The summed E-state index contributed by atoms with van der Waals surface area (Å²) in [6.07, 6.45) is 1.71. The summed E-state index contributed by atoms with van der Waals surface area (Å²) in [5, 5.41) is 4.67. The van der Waals surface area contributed by atoms with E-state index in [-0.39, 0.29) is 30.8 Å². The molecule has 8 heteroatoms. The number of nitrogens with one attached hydrogen (secondary N) is 1. The van der Waals surface area contributed by atoms with E-state index in [0.717, 1.165) is 4.88 Å². The van der Waals surface area contributed by atoms with Gasteiger partial charge in [-0.15, -0.1) is 11.3 Å². The number of allylic oxidation sites excluding steroid dienone is 1. The van der Waals surface area contributed by atoms with Gasteiger partial charge in [0.25, 0.3) is 5.91 Å². The third-order valence-corrected chi connectivity index (χ3v) is 5.30. The number of thiophene rings is 1. The van der Waals surface area contributed by atoms with Gasteiger partial charge in [-0.2, -0.15) is 0 Å². The van der Waals surface area contributed by atoms with Crippen LogP contribution in [0.1, 0.15) is 15.2 Å². The Morgan fingerprint density at radius 2 is 2.00 bits per heavy atom. The first-order valence-corrected chi connectivity index (χ1v) is 9.98. The zero-order valence-corrected chi connectivity index (χ0v) is 16.4. The first-order valence-electron chi connectivity index (χ1n) is 9.10. The number of ketones is 1. The Hall–Kier alpha value is -3.78. The van der Waals surface area contributed by atoms with Crippen molar-refractivity contribution in [1.82, 2.24) is 0 Å². The smallest absolute Gasteiger partial charge is 0.262 e.